The van der Waals surface area contributed by atoms with Gasteiger partial charge in [0.1, 0.15) is 12.3 Å². The Balaban J connectivity index is 1.46. The van der Waals surface area contributed by atoms with E-state index in [-0.39, 0.29) is 17.9 Å². The summed E-state index contributed by atoms with van der Waals surface area (Å²) in [5.74, 6) is -0.166. The number of hydrogen-bond donors (Lipinski definition) is 1. The van der Waals surface area contributed by atoms with Crippen LogP contribution in [-0.2, 0) is 9.53 Å². The number of rotatable bonds is 6. The summed E-state index contributed by atoms with van der Waals surface area (Å²) in [6.45, 7) is 5.73. The van der Waals surface area contributed by atoms with E-state index in [2.05, 4.69) is 10.2 Å². The predicted octanol–water partition coefficient (Wildman–Crippen LogP) is 1.11. The number of nitrogens with zero attached hydrogens (tertiary/aromatic N) is 2. The van der Waals surface area contributed by atoms with Crippen LogP contribution in [0, 0.1) is 0 Å². The molecule has 138 valence electrons. The second kappa shape index (κ2) is 9.01. The van der Waals surface area contributed by atoms with Gasteiger partial charge in [-0.05, 0) is 38.3 Å². The van der Waals surface area contributed by atoms with Crippen LogP contribution in [0.3, 0.4) is 0 Å². The maximum absolute atomic E-state index is 12.6. The van der Waals surface area contributed by atoms with Gasteiger partial charge in [-0.3, -0.25) is 14.5 Å². The van der Waals surface area contributed by atoms with Crippen molar-refractivity contribution >= 4 is 11.8 Å². The highest BCUT2D eigenvalue weighted by Crippen LogP contribution is 2.20. The molecule has 25 heavy (non-hydrogen) atoms. The summed E-state index contributed by atoms with van der Waals surface area (Å²) >= 11 is 0. The molecule has 7 nitrogen and oxygen atoms in total. The number of furan rings is 1. The minimum atomic E-state index is -0.375. The standard InChI is InChI=1S/C18H27N3O4/c22-17(19-6-3-7-20-9-12-24-13-10-20)16-4-1-2-8-21(16)18(23)15-5-11-25-14-15/h5,11,14,16H,1-4,6-10,12-13H2,(H,19,22). The number of morpholine rings is 1. The van der Waals surface area contributed by atoms with Crippen LogP contribution >= 0.6 is 0 Å². The number of hydrogen-bond acceptors (Lipinski definition) is 5. The van der Waals surface area contributed by atoms with Gasteiger partial charge in [-0.25, -0.2) is 0 Å². The summed E-state index contributed by atoms with van der Waals surface area (Å²) in [6.07, 6.45) is 6.46. The van der Waals surface area contributed by atoms with E-state index in [0.29, 0.717) is 18.7 Å². The fourth-order valence-electron chi connectivity index (χ4n) is 3.46. The molecular formula is C18H27N3O4. The van der Waals surface area contributed by atoms with Crippen LogP contribution in [0.5, 0.6) is 0 Å². The minimum absolute atomic E-state index is 0.0430. The number of carbonyl (C=O) groups excluding carboxylic acids is 2. The Morgan fingerprint density at radius 1 is 1.20 bits per heavy atom. The Kier molecular flexibility index (Phi) is 6.47. The first-order chi connectivity index (χ1) is 12.3. The Labute approximate surface area is 148 Å². The Hall–Kier alpha value is -1.86. The van der Waals surface area contributed by atoms with Gasteiger partial charge in [0.2, 0.25) is 5.91 Å². The first kappa shape index (κ1) is 17.9. The number of ether oxygens (including phenoxy) is 1. The minimum Gasteiger partial charge on any atom is -0.472 e. The molecule has 3 heterocycles. The van der Waals surface area contributed by atoms with Crippen molar-refractivity contribution in [1.29, 1.82) is 0 Å². The van der Waals surface area contributed by atoms with Gasteiger partial charge in [-0.15, -0.1) is 0 Å². The molecule has 0 spiro atoms. The first-order valence-electron chi connectivity index (χ1n) is 9.16. The van der Waals surface area contributed by atoms with Crippen LogP contribution in [0.1, 0.15) is 36.0 Å². The van der Waals surface area contributed by atoms with Crippen molar-refractivity contribution in [2.75, 3.05) is 45.9 Å². The summed E-state index contributed by atoms with van der Waals surface area (Å²) in [5.41, 5.74) is 0.506. The van der Waals surface area contributed by atoms with Gasteiger partial charge in [-0.2, -0.15) is 0 Å². The van der Waals surface area contributed by atoms with Crippen molar-refractivity contribution in [2.24, 2.45) is 0 Å². The summed E-state index contributed by atoms with van der Waals surface area (Å²) < 4.78 is 10.3. The average molecular weight is 349 g/mol. The molecule has 3 rings (SSSR count). The molecule has 0 aromatic carbocycles. The number of likely N-dealkylation sites (tertiary alicyclic amines) is 1. The average Bonchev–Trinajstić information content (AvgIpc) is 3.20. The van der Waals surface area contributed by atoms with Crippen molar-refractivity contribution in [3.05, 3.63) is 24.2 Å². The van der Waals surface area contributed by atoms with E-state index in [0.717, 1.165) is 58.5 Å². The lowest BCUT2D eigenvalue weighted by Crippen LogP contribution is -2.52. The smallest absolute Gasteiger partial charge is 0.257 e. The zero-order valence-corrected chi connectivity index (χ0v) is 14.6. The third-order valence-corrected chi connectivity index (χ3v) is 4.89. The normalized spacial score (nSPS) is 21.9. The van der Waals surface area contributed by atoms with Crippen LogP contribution in [0.4, 0.5) is 0 Å². The van der Waals surface area contributed by atoms with Crippen LogP contribution in [0.25, 0.3) is 0 Å². The fraction of sp³-hybridized carbons (Fsp3) is 0.667. The molecule has 0 radical (unpaired) electrons. The molecule has 2 amide bonds. The lowest BCUT2D eigenvalue weighted by molar-refractivity contribution is -0.126. The zero-order valence-electron chi connectivity index (χ0n) is 14.6. The quantitative estimate of drug-likeness (QED) is 0.779. The van der Waals surface area contributed by atoms with Gasteiger partial charge in [0.15, 0.2) is 0 Å². The number of nitrogens with one attached hydrogen (secondary N) is 1. The topological polar surface area (TPSA) is 75.0 Å². The second-order valence-electron chi connectivity index (χ2n) is 6.62. The molecule has 2 fully saturated rings. The monoisotopic (exact) mass is 349 g/mol. The van der Waals surface area contributed by atoms with E-state index in [4.69, 9.17) is 9.15 Å². The second-order valence-corrected chi connectivity index (χ2v) is 6.62. The van der Waals surface area contributed by atoms with Gasteiger partial charge in [-0.1, -0.05) is 0 Å². The molecule has 0 bridgehead atoms. The molecule has 0 saturated carbocycles. The summed E-state index contributed by atoms with van der Waals surface area (Å²) in [5, 5.41) is 3.01. The fourth-order valence-corrected chi connectivity index (χ4v) is 3.46. The highest BCUT2D eigenvalue weighted by molar-refractivity contribution is 5.97. The van der Waals surface area contributed by atoms with Crippen molar-refractivity contribution in [2.45, 2.75) is 31.7 Å². The van der Waals surface area contributed by atoms with Crippen LogP contribution in [-0.4, -0.2) is 73.6 Å². The molecule has 1 atom stereocenters. The number of carbonyl (C=O) groups is 2. The highest BCUT2D eigenvalue weighted by Gasteiger charge is 2.32. The van der Waals surface area contributed by atoms with E-state index < -0.39 is 0 Å². The van der Waals surface area contributed by atoms with E-state index in [1.54, 1.807) is 11.0 Å². The van der Waals surface area contributed by atoms with Crippen molar-refractivity contribution in [1.82, 2.24) is 15.1 Å². The Bertz CT molecular complexity index is 555. The lowest BCUT2D eigenvalue weighted by atomic mass is 10.0. The third kappa shape index (κ3) is 4.83. The molecule has 1 aromatic heterocycles. The molecule has 1 unspecified atom stereocenters. The first-order valence-corrected chi connectivity index (χ1v) is 9.16. The predicted molar refractivity (Wildman–Crippen MR) is 92.3 cm³/mol. The SMILES string of the molecule is O=C(NCCCN1CCOCC1)C1CCCCN1C(=O)c1ccoc1. The van der Waals surface area contributed by atoms with Crippen molar-refractivity contribution in [3.8, 4) is 0 Å². The molecular weight excluding hydrogens is 322 g/mol. The maximum Gasteiger partial charge on any atom is 0.257 e. The molecule has 1 N–H and O–H groups in total. The summed E-state index contributed by atoms with van der Waals surface area (Å²) in [7, 11) is 0. The molecule has 2 saturated heterocycles. The van der Waals surface area contributed by atoms with E-state index in [1.807, 2.05) is 0 Å². The van der Waals surface area contributed by atoms with Gasteiger partial charge >= 0.3 is 0 Å². The Morgan fingerprint density at radius 2 is 2.04 bits per heavy atom. The number of piperidine rings is 1. The Morgan fingerprint density at radius 3 is 2.80 bits per heavy atom. The zero-order chi connectivity index (χ0) is 17.5. The number of amides is 2. The summed E-state index contributed by atoms with van der Waals surface area (Å²) in [4.78, 5) is 29.2. The molecule has 7 heteroatoms. The van der Waals surface area contributed by atoms with Crippen LogP contribution < -0.4 is 5.32 Å². The van der Waals surface area contributed by atoms with Crippen molar-refractivity contribution in [3.63, 3.8) is 0 Å². The molecule has 2 aliphatic rings. The molecule has 2 aliphatic heterocycles. The van der Waals surface area contributed by atoms with Crippen molar-refractivity contribution < 1.29 is 18.7 Å². The van der Waals surface area contributed by atoms with Gasteiger partial charge in [0.25, 0.3) is 5.91 Å². The van der Waals surface area contributed by atoms with Crippen LogP contribution in [0.2, 0.25) is 0 Å². The van der Waals surface area contributed by atoms with E-state index >= 15 is 0 Å². The molecule has 1 aromatic rings. The maximum atomic E-state index is 12.6. The van der Waals surface area contributed by atoms with E-state index in [9.17, 15) is 9.59 Å². The van der Waals surface area contributed by atoms with E-state index in [1.165, 1.54) is 12.5 Å². The third-order valence-electron chi connectivity index (χ3n) is 4.89. The summed E-state index contributed by atoms with van der Waals surface area (Å²) in [6, 6.07) is 1.27. The van der Waals surface area contributed by atoms with Gasteiger partial charge in [0, 0.05) is 26.2 Å². The molecule has 0 aliphatic carbocycles. The highest BCUT2D eigenvalue weighted by atomic mass is 16.5. The van der Waals surface area contributed by atoms with Gasteiger partial charge < -0.3 is 19.4 Å². The largest absolute Gasteiger partial charge is 0.472 e. The van der Waals surface area contributed by atoms with Crippen LogP contribution in [0.15, 0.2) is 23.0 Å². The lowest BCUT2D eigenvalue weighted by Gasteiger charge is -2.34. The van der Waals surface area contributed by atoms with Gasteiger partial charge in [0.05, 0.1) is 25.0 Å².